The number of likely N-dealkylation sites (N-methyl/N-ethyl adjacent to an activating group) is 1. The number of hydrogen-bond acceptors (Lipinski definition) is 8. The third-order valence-electron chi connectivity index (χ3n) is 11.9. The molecule has 13 heteroatoms. The van der Waals surface area contributed by atoms with Crippen LogP contribution in [0.15, 0.2) is 47.4 Å². The molecule has 1 spiro atoms. The van der Waals surface area contributed by atoms with Crippen LogP contribution in [0.25, 0.3) is 0 Å². The summed E-state index contributed by atoms with van der Waals surface area (Å²) in [6, 6.07) is 11.5. The fourth-order valence-corrected chi connectivity index (χ4v) is 9.00. The second-order valence-electron chi connectivity index (χ2n) is 15.4. The van der Waals surface area contributed by atoms with Gasteiger partial charge in [0.1, 0.15) is 10.8 Å². The van der Waals surface area contributed by atoms with Gasteiger partial charge in [-0.25, -0.2) is 9.07 Å². The lowest BCUT2D eigenvalue weighted by Crippen LogP contribution is -2.48. The van der Waals surface area contributed by atoms with Gasteiger partial charge in [-0.3, -0.25) is 24.5 Å². The molecule has 0 bridgehead atoms. The highest BCUT2D eigenvalue weighted by Crippen LogP contribution is 2.43. The number of carbonyl (C=O) groups is 3. The zero-order valence-electron chi connectivity index (χ0n) is 30.1. The second-order valence-corrected chi connectivity index (χ2v) is 15.7. The first-order valence-corrected chi connectivity index (χ1v) is 18.7. The van der Waals surface area contributed by atoms with Crippen molar-refractivity contribution in [2.45, 2.75) is 69.7 Å². The average Bonchev–Trinajstić information content (AvgIpc) is 3.13. The highest BCUT2D eigenvalue weighted by molar-refractivity contribution is 6.32. The molecule has 4 aliphatic rings. The summed E-state index contributed by atoms with van der Waals surface area (Å²) in [6.45, 7) is 6.72. The molecule has 4 aliphatic heterocycles. The number of hydrogen-bond donors (Lipinski definition) is 2. The van der Waals surface area contributed by atoms with E-state index >= 15 is 4.39 Å². The van der Waals surface area contributed by atoms with Gasteiger partial charge in [0.2, 0.25) is 11.8 Å². The van der Waals surface area contributed by atoms with Gasteiger partial charge in [-0.15, -0.1) is 0 Å². The van der Waals surface area contributed by atoms with Crippen molar-refractivity contribution in [3.63, 3.8) is 0 Å². The number of benzene rings is 2. The molecule has 1 aromatic heterocycles. The average molecular weight is 732 g/mol. The normalized spacial score (nSPS) is 23.8. The number of nitrogens with one attached hydrogen (secondary N) is 2. The van der Waals surface area contributed by atoms with Crippen molar-refractivity contribution in [3.8, 4) is 0 Å². The van der Waals surface area contributed by atoms with Gasteiger partial charge in [0.15, 0.2) is 0 Å². The summed E-state index contributed by atoms with van der Waals surface area (Å²) in [4.78, 5) is 56.3. The molecule has 3 atom stereocenters. The Labute approximate surface area is 308 Å². The fourth-order valence-electron chi connectivity index (χ4n) is 8.77. The Bertz CT molecular complexity index is 1920. The summed E-state index contributed by atoms with van der Waals surface area (Å²) in [6.07, 6.45) is 6.85. The predicted molar refractivity (Wildman–Crippen MR) is 198 cm³/mol. The van der Waals surface area contributed by atoms with Gasteiger partial charge in [0, 0.05) is 75.6 Å². The number of rotatable bonds is 6. The monoisotopic (exact) mass is 731 g/mol. The van der Waals surface area contributed by atoms with Gasteiger partial charge in [-0.05, 0) is 93.2 Å². The van der Waals surface area contributed by atoms with Crippen LogP contribution in [0, 0.1) is 18.2 Å². The van der Waals surface area contributed by atoms with Crippen LogP contribution in [0.5, 0.6) is 0 Å². The van der Waals surface area contributed by atoms with Crippen LogP contribution in [0.2, 0.25) is 5.02 Å². The Kier molecular flexibility index (Phi) is 10.1. The lowest BCUT2D eigenvalue weighted by Gasteiger charge is -2.47. The number of halogens is 2. The number of carbonyl (C=O) groups excluding carboxylic acids is 3. The Morgan fingerprint density at radius 3 is 2.38 bits per heavy atom. The smallest absolute Gasteiger partial charge is 0.287 e. The van der Waals surface area contributed by atoms with Crippen molar-refractivity contribution >= 4 is 40.7 Å². The second kappa shape index (κ2) is 14.6. The number of piperidine rings is 4. The van der Waals surface area contributed by atoms with Gasteiger partial charge in [-0.2, -0.15) is 5.10 Å². The minimum atomic E-state index is -0.645. The molecule has 276 valence electrons. The number of aryl methyl sites for hydroxylation is 2. The first-order chi connectivity index (χ1) is 24.9. The summed E-state index contributed by atoms with van der Waals surface area (Å²) in [5.74, 6) is -1.46. The molecule has 0 saturated carbocycles. The number of nitrogens with zero attached hydrogens (tertiary/aromatic N) is 5. The maximum absolute atomic E-state index is 15.4. The first kappa shape index (κ1) is 36.1. The maximum atomic E-state index is 15.4. The van der Waals surface area contributed by atoms with E-state index in [1.54, 1.807) is 25.4 Å². The Morgan fingerprint density at radius 1 is 1.00 bits per heavy atom. The summed E-state index contributed by atoms with van der Waals surface area (Å²) in [5, 5.41) is 10.0. The Hall–Kier alpha value is -4.29. The lowest BCUT2D eigenvalue weighted by atomic mass is 9.71. The topological polar surface area (TPSA) is 120 Å². The fraction of sp³-hybridized carbons (Fsp3) is 0.513. The number of likely N-dealkylation sites (tertiary alicyclic amines) is 2. The van der Waals surface area contributed by atoms with E-state index < -0.39 is 17.6 Å². The van der Waals surface area contributed by atoms with E-state index in [9.17, 15) is 19.2 Å². The number of aromatic nitrogens is 2. The minimum absolute atomic E-state index is 0.0640. The molecule has 3 unspecified atom stereocenters. The van der Waals surface area contributed by atoms with E-state index in [0.29, 0.717) is 23.2 Å². The van der Waals surface area contributed by atoms with Crippen molar-refractivity contribution in [1.29, 1.82) is 0 Å². The standard InChI is InChI=1S/C39H47ClFN7O4/c1-24-18-30(29-8-9-34(49)44-36(29)50)31(41)20-33(24)47-14-10-39(11-15-47)12-16-48(17-13-39)37(51)26-6-4-25(5-7-26)27-19-28(23-45(2)22-27)43-32-21-42-46(3)38(52)35(32)40/h4-7,18,20-21,27-29,43H,8-17,19,22-23H2,1-3H3,(H,44,49,50). The van der Waals surface area contributed by atoms with Gasteiger partial charge in [0.05, 0.1) is 17.8 Å². The van der Waals surface area contributed by atoms with E-state index in [1.807, 2.05) is 24.0 Å². The van der Waals surface area contributed by atoms with E-state index in [1.165, 1.54) is 10.2 Å². The molecular formula is C39H47ClFN7O4. The molecule has 0 aliphatic carbocycles. The van der Waals surface area contributed by atoms with Crippen LogP contribution in [-0.2, 0) is 16.6 Å². The zero-order valence-corrected chi connectivity index (χ0v) is 30.8. The van der Waals surface area contributed by atoms with Crippen molar-refractivity contribution in [2.24, 2.45) is 12.5 Å². The molecule has 52 heavy (non-hydrogen) atoms. The van der Waals surface area contributed by atoms with Crippen molar-refractivity contribution in [2.75, 3.05) is 56.5 Å². The molecule has 2 aromatic carbocycles. The molecular weight excluding hydrogens is 685 g/mol. The molecule has 4 fully saturated rings. The highest BCUT2D eigenvalue weighted by atomic mass is 35.5. The van der Waals surface area contributed by atoms with Crippen molar-refractivity contribution in [3.05, 3.63) is 86.0 Å². The number of imide groups is 1. The maximum Gasteiger partial charge on any atom is 0.287 e. The zero-order chi connectivity index (χ0) is 36.7. The van der Waals surface area contributed by atoms with Crippen LogP contribution in [0.4, 0.5) is 15.8 Å². The Balaban J connectivity index is 0.923. The molecule has 3 amide bonds. The van der Waals surface area contributed by atoms with E-state index in [-0.39, 0.29) is 46.2 Å². The summed E-state index contributed by atoms with van der Waals surface area (Å²) >= 11 is 6.32. The summed E-state index contributed by atoms with van der Waals surface area (Å²) < 4.78 is 16.6. The summed E-state index contributed by atoms with van der Waals surface area (Å²) in [5.41, 5.74) is 4.40. The minimum Gasteiger partial charge on any atom is -0.378 e. The largest absolute Gasteiger partial charge is 0.378 e. The van der Waals surface area contributed by atoms with Gasteiger partial charge in [0.25, 0.3) is 11.5 Å². The molecule has 3 aromatic rings. The van der Waals surface area contributed by atoms with E-state index in [0.717, 1.165) is 82.6 Å². The Morgan fingerprint density at radius 2 is 1.69 bits per heavy atom. The van der Waals surface area contributed by atoms with Gasteiger partial charge >= 0.3 is 0 Å². The molecule has 7 rings (SSSR count). The number of amides is 3. The first-order valence-electron chi connectivity index (χ1n) is 18.3. The quantitative estimate of drug-likeness (QED) is 0.347. The van der Waals surface area contributed by atoms with Gasteiger partial charge < -0.3 is 20.0 Å². The molecule has 5 heterocycles. The van der Waals surface area contributed by atoms with E-state index in [4.69, 9.17) is 11.6 Å². The third kappa shape index (κ3) is 7.32. The van der Waals surface area contributed by atoms with Crippen LogP contribution in [0.3, 0.4) is 0 Å². The number of anilines is 2. The van der Waals surface area contributed by atoms with Crippen LogP contribution in [0.1, 0.15) is 83.8 Å². The predicted octanol–water partition coefficient (Wildman–Crippen LogP) is 4.82. The van der Waals surface area contributed by atoms with Crippen LogP contribution < -0.4 is 21.1 Å². The van der Waals surface area contributed by atoms with Crippen molar-refractivity contribution < 1.29 is 18.8 Å². The van der Waals surface area contributed by atoms with Crippen LogP contribution in [-0.4, -0.2) is 89.7 Å². The molecule has 4 saturated heterocycles. The third-order valence-corrected chi connectivity index (χ3v) is 12.3. The van der Waals surface area contributed by atoms with Gasteiger partial charge in [-0.1, -0.05) is 29.8 Å². The van der Waals surface area contributed by atoms with Crippen molar-refractivity contribution in [1.82, 2.24) is 24.9 Å². The van der Waals surface area contributed by atoms with E-state index in [2.05, 4.69) is 44.7 Å². The summed E-state index contributed by atoms with van der Waals surface area (Å²) in [7, 11) is 3.66. The highest BCUT2D eigenvalue weighted by Gasteiger charge is 2.39. The molecule has 0 radical (unpaired) electrons. The van der Waals surface area contributed by atoms with Crippen LogP contribution >= 0.6 is 11.6 Å². The SMILES string of the molecule is Cc1cc(C2CCC(=O)NC2=O)c(F)cc1N1CCC2(CCN(C(=O)c3ccc(C4CC(Nc5cnn(C)c(=O)c5Cl)CN(C)C4)cc3)CC2)CC1. The molecule has 11 nitrogen and oxygen atoms in total. The molecule has 2 N–H and O–H groups in total. The lowest BCUT2D eigenvalue weighted by molar-refractivity contribution is -0.134.